The summed E-state index contributed by atoms with van der Waals surface area (Å²) in [5.41, 5.74) is 2.40. The van der Waals surface area contributed by atoms with Gasteiger partial charge in [-0.1, -0.05) is 26.0 Å². The highest BCUT2D eigenvalue weighted by atomic mass is 16.5. The molecule has 0 aliphatic rings. The van der Waals surface area contributed by atoms with Crippen LogP contribution in [-0.2, 0) is 4.74 Å². The minimum atomic E-state index is -0.231. The highest BCUT2D eigenvalue weighted by molar-refractivity contribution is 6.03. The van der Waals surface area contributed by atoms with Crippen molar-refractivity contribution in [3.8, 4) is 0 Å². The topological polar surface area (TPSA) is 76.1 Å². The molecule has 0 aliphatic heterocycles. The molecule has 1 aromatic heterocycles. The quantitative estimate of drug-likeness (QED) is 0.769. The van der Waals surface area contributed by atoms with Crippen molar-refractivity contribution in [3.63, 3.8) is 0 Å². The predicted molar refractivity (Wildman–Crippen MR) is 90.9 cm³/mol. The van der Waals surface area contributed by atoms with E-state index in [0.29, 0.717) is 30.6 Å². The molecule has 2 N–H and O–H groups in total. The largest absolute Gasteiger partial charge is 0.383 e. The molecule has 0 bridgehead atoms. The Bertz CT molecular complexity index is 624. The number of nitrogens with zero attached hydrogens (tertiary/aromatic N) is 2. The molecule has 0 saturated heterocycles. The van der Waals surface area contributed by atoms with Crippen molar-refractivity contribution >= 4 is 17.5 Å². The minimum Gasteiger partial charge on any atom is -0.383 e. The first-order chi connectivity index (χ1) is 11.1. The molecule has 0 unspecified atom stereocenters. The predicted octanol–water partition coefficient (Wildman–Crippen LogP) is 2.91. The van der Waals surface area contributed by atoms with Crippen LogP contribution in [0.4, 0.5) is 11.6 Å². The number of hydrogen-bond donors (Lipinski definition) is 2. The molecule has 0 fully saturated rings. The van der Waals surface area contributed by atoms with Gasteiger partial charge in [0.1, 0.15) is 0 Å². The van der Waals surface area contributed by atoms with Gasteiger partial charge >= 0.3 is 0 Å². The summed E-state index contributed by atoms with van der Waals surface area (Å²) in [4.78, 5) is 20.4. The molecule has 0 aliphatic carbocycles. The molecule has 0 atom stereocenters. The van der Waals surface area contributed by atoms with E-state index in [1.54, 1.807) is 7.11 Å². The molecule has 122 valence electrons. The van der Waals surface area contributed by atoms with Crippen LogP contribution in [0.2, 0.25) is 0 Å². The molecule has 6 heteroatoms. The van der Waals surface area contributed by atoms with Crippen LogP contribution in [-0.4, -0.2) is 36.1 Å². The second-order valence-corrected chi connectivity index (χ2v) is 5.45. The molecule has 1 aromatic carbocycles. The van der Waals surface area contributed by atoms with E-state index < -0.39 is 0 Å². The third-order valence-electron chi connectivity index (χ3n) is 3.34. The monoisotopic (exact) mass is 314 g/mol. The van der Waals surface area contributed by atoms with Crippen molar-refractivity contribution in [2.75, 3.05) is 30.9 Å². The molecule has 1 amide bonds. The number of hydrogen-bond acceptors (Lipinski definition) is 5. The van der Waals surface area contributed by atoms with Gasteiger partial charge in [0, 0.05) is 31.7 Å². The van der Waals surface area contributed by atoms with Crippen molar-refractivity contribution in [1.29, 1.82) is 0 Å². The summed E-state index contributed by atoms with van der Waals surface area (Å²) < 4.78 is 4.93. The molecule has 2 rings (SSSR count). The fraction of sp³-hybridized carbons (Fsp3) is 0.353. The minimum absolute atomic E-state index is 0.231. The summed E-state index contributed by atoms with van der Waals surface area (Å²) >= 11 is 0. The van der Waals surface area contributed by atoms with E-state index in [2.05, 4.69) is 34.4 Å². The molecule has 0 radical (unpaired) electrons. The van der Waals surface area contributed by atoms with Crippen LogP contribution in [0.3, 0.4) is 0 Å². The van der Waals surface area contributed by atoms with Crippen molar-refractivity contribution in [3.05, 3.63) is 47.8 Å². The van der Waals surface area contributed by atoms with E-state index in [-0.39, 0.29) is 5.91 Å². The third-order valence-corrected chi connectivity index (χ3v) is 3.34. The zero-order valence-corrected chi connectivity index (χ0v) is 13.7. The lowest BCUT2D eigenvalue weighted by molar-refractivity contribution is 0.102. The Labute approximate surface area is 136 Å². The zero-order valence-electron chi connectivity index (χ0n) is 13.7. The van der Waals surface area contributed by atoms with Crippen LogP contribution in [0, 0.1) is 0 Å². The average Bonchev–Trinajstić information content (AvgIpc) is 2.56. The molecule has 0 saturated carbocycles. The second-order valence-electron chi connectivity index (χ2n) is 5.45. The molecule has 1 heterocycles. The van der Waals surface area contributed by atoms with Gasteiger partial charge in [-0.3, -0.25) is 4.79 Å². The van der Waals surface area contributed by atoms with Crippen LogP contribution in [0.15, 0.2) is 36.7 Å². The molecule has 6 nitrogen and oxygen atoms in total. The SMILES string of the molecule is COCCNc1ncc(C(=O)Nc2ccc(C(C)C)cc2)cn1. The Balaban J connectivity index is 1.94. The molecular formula is C17H22N4O2. The number of carbonyl (C=O) groups is 1. The Hall–Kier alpha value is -2.47. The number of methoxy groups -OCH3 is 1. The average molecular weight is 314 g/mol. The van der Waals surface area contributed by atoms with Crippen molar-refractivity contribution in [2.24, 2.45) is 0 Å². The fourth-order valence-corrected chi connectivity index (χ4v) is 1.96. The van der Waals surface area contributed by atoms with E-state index in [1.165, 1.54) is 18.0 Å². The number of carbonyl (C=O) groups excluding carboxylic acids is 1. The second kappa shape index (κ2) is 8.24. The van der Waals surface area contributed by atoms with Crippen LogP contribution < -0.4 is 10.6 Å². The van der Waals surface area contributed by atoms with Gasteiger partial charge in [-0.15, -0.1) is 0 Å². The van der Waals surface area contributed by atoms with E-state index in [1.807, 2.05) is 24.3 Å². The van der Waals surface area contributed by atoms with Gasteiger partial charge in [0.05, 0.1) is 12.2 Å². The van der Waals surface area contributed by atoms with Gasteiger partial charge in [0.25, 0.3) is 5.91 Å². The smallest absolute Gasteiger partial charge is 0.258 e. The standard InChI is InChI=1S/C17H22N4O2/c1-12(2)13-4-6-15(7-5-13)21-16(22)14-10-19-17(20-11-14)18-8-9-23-3/h4-7,10-12H,8-9H2,1-3H3,(H,21,22)(H,18,19,20). The van der Waals surface area contributed by atoms with Crippen LogP contribution in [0.25, 0.3) is 0 Å². The van der Waals surface area contributed by atoms with E-state index in [0.717, 1.165) is 5.69 Å². The van der Waals surface area contributed by atoms with Crippen molar-refractivity contribution in [2.45, 2.75) is 19.8 Å². The van der Waals surface area contributed by atoms with E-state index in [4.69, 9.17) is 4.74 Å². The number of rotatable bonds is 7. The normalized spacial score (nSPS) is 10.6. The van der Waals surface area contributed by atoms with Crippen LogP contribution in [0.1, 0.15) is 35.7 Å². The third kappa shape index (κ3) is 5.03. The van der Waals surface area contributed by atoms with Crippen LogP contribution in [0.5, 0.6) is 0 Å². The summed E-state index contributed by atoms with van der Waals surface area (Å²) in [6.45, 7) is 5.45. The number of ether oxygens (including phenoxy) is 1. The Kier molecular flexibility index (Phi) is 6.05. The maximum Gasteiger partial charge on any atom is 0.258 e. The number of benzene rings is 1. The van der Waals surface area contributed by atoms with Gasteiger partial charge in [0.15, 0.2) is 0 Å². The lowest BCUT2D eigenvalue weighted by Gasteiger charge is -2.09. The molecular weight excluding hydrogens is 292 g/mol. The van der Waals surface area contributed by atoms with Gasteiger partial charge in [0.2, 0.25) is 5.95 Å². The van der Waals surface area contributed by atoms with Gasteiger partial charge in [-0.25, -0.2) is 9.97 Å². The Morgan fingerprint density at radius 3 is 2.39 bits per heavy atom. The lowest BCUT2D eigenvalue weighted by atomic mass is 10.0. The van der Waals surface area contributed by atoms with Gasteiger partial charge < -0.3 is 15.4 Å². The van der Waals surface area contributed by atoms with Crippen molar-refractivity contribution in [1.82, 2.24) is 9.97 Å². The number of nitrogens with one attached hydrogen (secondary N) is 2. The van der Waals surface area contributed by atoms with E-state index >= 15 is 0 Å². The highest BCUT2D eigenvalue weighted by Crippen LogP contribution is 2.17. The van der Waals surface area contributed by atoms with Crippen LogP contribution >= 0.6 is 0 Å². The van der Waals surface area contributed by atoms with Gasteiger partial charge in [-0.2, -0.15) is 0 Å². The highest BCUT2D eigenvalue weighted by Gasteiger charge is 2.08. The summed E-state index contributed by atoms with van der Waals surface area (Å²) in [6, 6.07) is 7.82. The zero-order chi connectivity index (χ0) is 16.7. The first-order valence-electron chi connectivity index (χ1n) is 7.56. The first-order valence-corrected chi connectivity index (χ1v) is 7.56. The molecule has 0 spiro atoms. The lowest BCUT2D eigenvalue weighted by Crippen LogP contribution is -2.14. The Morgan fingerprint density at radius 2 is 1.83 bits per heavy atom. The number of amides is 1. The maximum atomic E-state index is 12.2. The fourth-order valence-electron chi connectivity index (χ4n) is 1.96. The van der Waals surface area contributed by atoms with Crippen molar-refractivity contribution < 1.29 is 9.53 Å². The first kappa shape index (κ1) is 16.9. The number of anilines is 2. The summed E-state index contributed by atoms with van der Waals surface area (Å²) in [5, 5.41) is 5.84. The summed E-state index contributed by atoms with van der Waals surface area (Å²) in [7, 11) is 1.63. The summed E-state index contributed by atoms with van der Waals surface area (Å²) in [5.74, 6) is 0.705. The summed E-state index contributed by atoms with van der Waals surface area (Å²) in [6.07, 6.45) is 3.00. The number of aromatic nitrogens is 2. The molecule has 2 aromatic rings. The van der Waals surface area contributed by atoms with E-state index in [9.17, 15) is 4.79 Å². The van der Waals surface area contributed by atoms with Gasteiger partial charge in [-0.05, 0) is 23.6 Å². The molecule has 23 heavy (non-hydrogen) atoms. The maximum absolute atomic E-state index is 12.2. The Morgan fingerprint density at radius 1 is 1.17 bits per heavy atom.